The van der Waals surface area contributed by atoms with Gasteiger partial charge in [-0.1, -0.05) is 0 Å². The van der Waals surface area contributed by atoms with Crippen molar-refractivity contribution in [2.24, 2.45) is 0 Å². The summed E-state index contributed by atoms with van der Waals surface area (Å²) in [5.41, 5.74) is 0. The number of hydrogen-bond donors (Lipinski definition) is 2. The van der Waals surface area contributed by atoms with Gasteiger partial charge >= 0.3 is 12.1 Å². The highest BCUT2D eigenvalue weighted by Gasteiger charge is 2.25. The summed E-state index contributed by atoms with van der Waals surface area (Å²) in [7, 11) is 0. The maximum atomic E-state index is 11.6. The monoisotopic (exact) mass is 249 g/mol. The fourth-order valence-electron chi connectivity index (χ4n) is 0.896. The van der Waals surface area contributed by atoms with Crippen LogP contribution in [0.15, 0.2) is 0 Å². The molecule has 0 heterocycles. The predicted octanol–water partition coefficient (Wildman–Crippen LogP) is 2.21. The van der Waals surface area contributed by atoms with Gasteiger partial charge in [-0.3, -0.25) is 4.79 Å². The topological polar surface area (TPSA) is 49.3 Å². The average Bonchev–Trinajstić information content (AvgIpc) is 2.00. The second kappa shape index (κ2) is 8.79. The molecular weight excluding hydrogens is 235 g/mol. The molecule has 0 atom stereocenters. The lowest BCUT2D eigenvalue weighted by molar-refractivity contribution is -0.137. The lowest BCUT2D eigenvalue weighted by atomic mass is 10.2. The van der Waals surface area contributed by atoms with E-state index in [9.17, 15) is 18.0 Å². The van der Waals surface area contributed by atoms with E-state index in [1.807, 2.05) is 0 Å². The normalized spacial score (nSPS) is 10.9. The summed E-state index contributed by atoms with van der Waals surface area (Å²) in [6.45, 7) is 0.741. The van der Waals surface area contributed by atoms with Gasteiger partial charge in [-0.2, -0.15) is 13.2 Å². The molecule has 0 radical (unpaired) electrons. The van der Waals surface area contributed by atoms with Crippen LogP contribution >= 0.6 is 12.4 Å². The smallest absolute Gasteiger partial charge is 0.389 e. The second-order valence-electron chi connectivity index (χ2n) is 2.97. The number of carbonyl (C=O) groups is 1. The van der Waals surface area contributed by atoms with Crippen molar-refractivity contribution in [3.63, 3.8) is 0 Å². The van der Waals surface area contributed by atoms with Crippen molar-refractivity contribution >= 4 is 18.4 Å². The molecule has 0 rings (SSSR count). The van der Waals surface area contributed by atoms with Crippen LogP contribution in [0.2, 0.25) is 0 Å². The molecular formula is C8H15ClF3NO2. The van der Waals surface area contributed by atoms with Crippen molar-refractivity contribution in [2.45, 2.75) is 31.9 Å². The zero-order valence-electron chi connectivity index (χ0n) is 8.14. The SMILES string of the molecule is Cl.O=C(O)CCNCCCCC(F)(F)F. The zero-order chi connectivity index (χ0) is 11.0. The molecule has 0 aromatic heterocycles. The van der Waals surface area contributed by atoms with Gasteiger partial charge in [-0.15, -0.1) is 12.4 Å². The van der Waals surface area contributed by atoms with Gasteiger partial charge in [0.2, 0.25) is 0 Å². The number of nitrogens with one attached hydrogen (secondary N) is 1. The van der Waals surface area contributed by atoms with Crippen LogP contribution < -0.4 is 5.32 Å². The van der Waals surface area contributed by atoms with Crippen molar-refractivity contribution in [3.8, 4) is 0 Å². The molecule has 0 unspecified atom stereocenters. The second-order valence-corrected chi connectivity index (χ2v) is 2.97. The Kier molecular flexibility index (Phi) is 9.92. The van der Waals surface area contributed by atoms with E-state index in [4.69, 9.17) is 5.11 Å². The van der Waals surface area contributed by atoms with Gasteiger partial charge in [0.15, 0.2) is 0 Å². The molecule has 0 aliphatic heterocycles. The van der Waals surface area contributed by atoms with Crippen LogP contribution in [0.25, 0.3) is 0 Å². The summed E-state index contributed by atoms with van der Waals surface area (Å²) in [6, 6.07) is 0. The Balaban J connectivity index is 0. The number of halogens is 4. The van der Waals surface area contributed by atoms with E-state index in [0.29, 0.717) is 19.5 Å². The van der Waals surface area contributed by atoms with Crippen molar-refractivity contribution < 1.29 is 23.1 Å². The Hall–Kier alpha value is -0.490. The molecule has 7 heteroatoms. The third-order valence-electron chi connectivity index (χ3n) is 1.58. The Labute approximate surface area is 92.4 Å². The number of carboxylic acids is 1. The van der Waals surface area contributed by atoms with Crippen molar-refractivity contribution in [2.75, 3.05) is 13.1 Å². The number of unbranched alkanes of at least 4 members (excludes halogenated alkanes) is 1. The van der Waals surface area contributed by atoms with Crippen molar-refractivity contribution in [1.82, 2.24) is 5.32 Å². The first-order chi connectivity index (χ1) is 6.42. The highest BCUT2D eigenvalue weighted by Crippen LogP contribution is 2.21. The first-order valence-corrected chi connectivity index (χ1v) is 4.41. The quantitative estimate of drug-likeness (QED) is 0.680. The zero-order valence-corrected chi connectivity index (χ0v) is 8.96. The van der Waals surface area contributed by atoms with Crippen LogP contribution in [0, 0.1) is 0 Å². The molecule has 0 aliphatic carbocycles. The summed E-state index contributed by atoms with van der Waals surface area (Å²) in [4.78, 5) is 10.0. The van der Waals surface area contributed by atoms with Gasteiger partial charge in [0.1, 0.15) is 0 Å². The third-order valence-corrected chi connectivity index (χ3v) is 1.58. The van der Waals surface area contributed by atoms with E-state index in [0.717, 1.165) is 0 Å². The Morgan fingerprint density at radius 1 is 1.20 bits per heavy atom. The molecule has 0 saturated heterocycles. The van der Waals surface area contributed by atoms with E-state index in [1.165, 1.54) is 0 Å². The number of carboxylic acid groups (broad SMARTS) is 1. The number of rotatable bonds is 7. The van der Waals surface area contributed by atoms with Gasteiger partial charge in [0.25, 0.3) is 0 Å². The maximum absolute atomic E-state index is 11.6. The molecule has 0 saturated carbocycles. The average molecular weight is 250 g/mol. The van der Waals surface area contributed by atoms with Crippen LogP contribution in [0.3, 0.4) is 0 Å². The van der Waals surface area contributed by atoms with Gasteiger partial charge in [-0.25, -0.2) is 0 Å². The predicted molar refractivity (Wildman–Crippen MR) is 52.3 cm³/mol. The van der Waals surface area contributed by atoms with E-state index in [-0.39, 0.29) is 25.2 Å². The Morgan fingerprint density at radius 3 is 2.27 bits per heavy atom. The van der Waals surface area contributed by atoms with Crippen molar-refractivity contribution in [3.05, 3.63) is 0 Å². The lowest BCUT2D eigenvalue weighted by Crippen LogP contribution is -2.19. The molecule has 0 spiro atoms. The molecule has 92 valence electrons. The number of alkyl halides is 3. The van der Waals surface area contributed by atoms with Gasteiger partial charge in [0, 0.05) is 13.0 Å². The minimum Gasteiger partial charge on any atom is -0.481 e. The third kappa shape index (κ3) is 16.2. The minimum atomic E-state index is -4.08. The molecule has 3 nitrogen and oxygen atoms in total. The van der Waals surface area contributed by atoms with E-state index in [2.05, 4.69) is 5.32 Å². The molecule has 0 aliphatic rings. The van der Waals surface area contributed by atoms with Gasteiger partial charge in [0.05, 0.1) is 6.42 Å². The Bertz CT molecular complexity index is 176. The molecule has 2 N–H and O–H groups in total. The van der Waals surface area contributed by atoms with E-state index < -0.39 is 18.6 Å². The molecule has 15 heavy (non-hydrogen) atoms. The van der Waals surface area contributed by atoms with E-state index >= 15 is 0 Å². The summed E-state index contributed by atoms with van der Waals surface area (Å²) in [5, 5.41) is 11.0. The van der Waals surface area contributed by atoms with Crippen LogP contribution in [-0.2, 0) is 4.79 Å². The molecule has 0 bridgehead atoms. The van der Waals surface area contributed by atoms with Crippen LogP contribution in [0.4, 0.5) is 13.2 Å². The largest absolute Gasteiger partial charge is 0.481 e. The van der Waals surface area contributed by atoms with Crippen LogP contribution in [0.5, 0.6) is 0 Å². The summed E-state index contributed by atoms with van der Waals surface area (Å²) in [5.74, 6) is -0.909. The summed E-state index contributed by atoms with van der Waals surface area (Å²) < 4.78 is 34.9. The summed E-state index contributed by atoms with van der Waals surface area (Å²) in [6.07, 6.45) is -4.35. The highest BCUT2D eigenvalue weighted by molar-refractivity contribution is 5.85. The molecule has 0 aromatic rings. The van der Waals surface area contributed by atoms with Gasteiger partial charge < -0.3 is 10.4 Å². The molecule has 0 amide bonds. The fraction of sp³-hybridized carbons (Fsp3) is 0.875. The molecule has 0 aromatic carbocycles. The van der Waals surface area contributed by atoms with Crippen LogP contribution in [0.1, 0.15) is 25.7 Å². The number of hydrogen-bond acceptors (Lipinski definition) is 2. The first kappa shape index (κ1) is 16.9. The highest BCUT2D eigenvalue weighted by atomic mass is 35.5. The first-order valence-electron chi connectivity index (χ1n) is 4.41. The summed E-state index contributed by atoms with van der Waals surface area (Å²) >= 11 is 0. The maximum Gasteiger partial charge on any atom is 0.389 e. The van der Waals surface area contributed by atoms with Gasteiger partial charge in [-0.05, 0) is 19.4 Å². The van der Waals surface area contributed by atoms with Crippen molar-refractivity contribution in [1.29, 1.82) is 0 Å². The van der Waals surface area contributed by atoms with Crippen LogP contribution in [-0.4, -0.2) is 30.3 Å². The molecule has 0 fully saturated rings. The number of aliphatic carboxylic acids is 1. The Morgan fingerprint density at radius 2 is 1.80 bits per heavy atom. The van der Waals surface area contributed by atoms with E-state index in [1.54, 1.807) is 0 Å². The standard InChI is InChI=1S/C8H14F3NO2.ClH/c9-8(10,11)4-1-2-5-12-6-3-7(13)14;/h12H,1-6H2,(H,13,14);1H. The fourth-order valence-corrected chi connectivity index (χ4v) is 0.896. The minimum absolute atomic E-state index is 0. The lowest BCUT2D eigenvalue weighted by Gasteiger charge is -2.05.